The Hall–Kier alpha value is -0.580. The van der Waals surface area contributed by atoms with Crippen LogP contribution in [0, 0.1) is 6.92 Å². The summed E-state index contributed by atoms with van der Waals surface area (Å²) in [5, 5.41) is 0. The molecule has 2 rings (SSSR count). The average Bonchev–Trinajstić information content (AvgIpc) is 2.31. The number of alkyl halides is 1. The molecule has 0 radical (unpaired) electrons. The highest BCUT2D eigenvalue weighted by atomic mass is 32.2. The SMILES string of the molecule is Cc1ccc(SC2CC(F)CC(CN)O2)cc1. The molecular weight excluding hydrogens is 237 g/mol. The van der Waals surface area contributed by atoms with Gasteiger partial charge in [-0.2, -0.15) is 0 Å². The van der Waals surface area contributed by atoms with E-state index in [0.717, 1.165) is 4.90 Å². The van der Waals surface area contributed by atoms with Crippen molar-refractivity contribution in [3.63, 3.8) is 0 Å². The molecule has 1 saturated heterocycles. The van der Waals surface area contributed by atoms with Crippen molar-refractivity contribution in [3.05, 3.63) is 29.8 Å². The van der Waals surface area contributed by atoms with E-state index in [9.17, 15) is 4.39 Å². The maximum absolute atomic E-state index is 13.5. The van der Waals surface area contributed by atoms with Gasteiger partial charge in [0.2, 0.25) is 0 Å². The topological polar surface area (TPSA) is 35.2 Å². The van der Waals surface area contributed by atoms with Crippen LogP contribution in [0.2, 0.25) is 0 Å². The minimum Gasteiger partial charge on any atom is -0.362 e. The first-order chi connectivity index (χ1) is 8.17. The van der Waals surface area contributed by atoms with Crippen LogP contribution >= 0.6 is 11.8 Å². The lowest BCUT2D eigenvalue weighted by molar-refractivity contribution is -0.0303. The summed E-state index contributed by atoms with van der Waals surface area (Å²) in [6, 6.07) is 8.20. The van der Waals surface area contributed by atoms with Gasteiger partial charge in [0.05, 0.1) is 6.10 Å². The fourth-order valence-corrected chi connectivity index (χ4v) is 3.03. The highest BCUT2D eigenvalue weighted by molar-refractivity contribution is 7.99. The van der Waals surface area contributed by atoms with Crippen molar-refractivity contribution in [3.8, 4) is 0 Å². The lowest BCUT2D eigenvalue weighted by Gasteiger charge is -2.31. The lowest BCUT2D eigenvalue weighted by Crippen LogP contribution is -2.36. The van der Waals surface area contributed by atoms with Crippen LogP contribution in [-0.4, -0.2) is 24.3 Å². The summed E-state index contributed by atoms with van der Waals surface area (Å²) in [6.07, 6.45) is -0.0433. The van der Waals surface area contributed by atoms with E-state index < -0.39 is 6.17 Å². The Kier molecular flexibility index (Phi) is 4.42. The van der Waals surface area contributed by atoms with Crippen LogP contribution in [0.25, 0.3) is 0 Å². The van der Waals surface area contributed by atoms with Crippen LogP contribution < -0.4 is 5.73 Å². The molecule has 0 saturated carbocycles. The Morgan fingerprint density at radius 1 is 1.35 bits per heavy atom. The van der Waals surface area contributed by atoms with Gasteiger partial charge in [-0.3, -0.25) is 0 Å². The second-order valence-electron chi connectivity index (χ2n) is 4.42. The van der Waals surface area contributed by atoms with Crippen LogP contribution in [0.15, 0.2) is 29.2 Å². The molecule has 1 fully saturated rings. The lowest BCUT2D eigenvalue weighted by atomic mass is 10.1. The quantitative estimate of drug-likeness (QED) is 0.902. The van der Waals surface area contributed by atoms with Crippen LogP contribution in [0.1, 0.15) is 18.4 Å². The molecule has 1 aromatic carbocycles. The van der Waals surface area contributed by atoms with Gasteiger partial charge < -0.3 is 10.5 Å². The van der Waals surface area contributed by atoms with Crippen LogP contribution in [-0.2, 0) is 4.74 Å². The number of hydrogen-bond donors (Lipinski definition) is 1. The molecule has 17 heavy (non-hydrogen) atoms. The van der Waals surface area contributed by atoms with Gasteiger partial charge in [-0.15, -0.1) is 0 Å². The first-order valence-corrected chi connectivity index (χ1v) is 6.78. The highest BCUT2D eigenvalue weighted by Crippen LogP contribution is 2.33. The third-order valence-electron chi connectivity index (χ3n) is 2.86. The van der Waals surface area contributed by atoms with E-state index >= 15 is 0 Å². The smallest absolute Gasteiger partial charge is 0.110 e. The van der Waals surface area contributed by atoms with E-state index in [1.54, 1.807) is 11.8 Å². The minimum atomic E-state index is -0.791. The number of ether oxygens (including phenoxy) is 1. The van der Waals surface area contributed by atoms with Crippen molar-refractivity contribution >= 4 is 11.8 Å². The Morgan fingerprint density at radius 3 is 2.71 bits per heavy atom. The molecular formula is C13H18FNOS. The molecule has 0 bridgehead atoms. The van der Waals surface area contributed by atoms with Gasteiger partial charge >= 0.3 is 0 Å². The molecule has 2 N–H and O–H groups in total. The highest BCUT2D eigenvalue weighted by Gasteiger charge is 2.29. The largest absolute Gasteiger partial charge is 0.362 e. The summed E-state index contributed by atoms with van der Waals surface area (Å²) in [4.78, 5) is 1.12. The monoisotopic (exact) mass is 255 g/mol. The van der Waals surface area contributed by atoms with Crippen molar-refractivity contribution in [1.82, 2.24) is 0 Å². The number of benzene rings is 1. The summed E-state index contributed by atoms with van der Waals surface area (Å²) in [5.74, 6) is 0. The van der Waals surface area contributed by atoms with E-state index in [1.165, 1.54) is 5.56 Å². The number of halogens is 1. The van der Waals surface area contributed by atoms with Gasteiger partial charge in [-0.05, 0) is 19.1 Å². The Labute approximate surface area is 106 Å². The van der Waals surface area contributed by atoms with Crippen molar-refractivity contribution in [2.24, 2.45) is 5.73 Å². The second kappa shape index (κ2) is 5.85. The molecule has 1 heterocycles. The van der Waals surface area contributed by atoms with E-state index in [1.807, 2.05) is 19.1 Å². The number of aryl methyl sites for hydroxylation is 1. The van der Waals surface area contributed by atoms with Crippen molar-refractivity contribution in [1.29, 1.82) is 0 Å². The summed E-state index contributed by atoms with van der Waals surface area (Å²) in [6.45, 7) is 2.44. The van der Waals surface area contributed by atoms with Gasteiger partial charge in [0.15, 0.2) is 0 Å². The molecule has 0 aromatic heterocycles. The van der Waals surface area contributed by atoms with Crippen molar-refractivity contribution < 1.29 is 9.13 Å². The van der Waals surface area contributed by atoms with E-state index in [0.29, 0.717) is 19.4 Å². The minimum absolute atomic E-state index is 0.116. The predicted octanol–water partition coefficient (Wildman–Crippen LogP) is 2.89. The Bertz CT molecular complexity index is 357. The normalized spacial score (nSPS) is 29.2. The van der Waals surface area contributed by atoms with E-state index in [4.69, 9.17) is 10.5 Å². The Balaban J connectivity index is 1.95. The van der Waals surface area contributed by atoms with Gasteiger partial charge in [0.25, 0.3) is 0 Å². The number of rotatable bonds is 3. The molecule has 4 heteroatoms. The van der Waals surface area contributed by atoms with Gasteiger partial charge in [0, 0.05) is 24.3 Å². The zero-order valence-electron chi connectivity index (χ0n) is 9.93. The van der Waals surface area contributed by atoms with Crippen LogP contribution in [0.4, 0.5) is 4.39 Å². The maximum Gasteiger partial charge on any atom is 0.110 e. The molecule has 3 unspecified atom stereocenters. The molecule has 0 spiro atoms. The zero-order chi connectivity index (χ0) is 12.3. The molecule has 94 valence electrons. The predicted molar refractivity (Wildman–Crippen MR) is 68.9 cm³/mol. The van der Waals surface area contributed by atoms with E-state index in [2.05, 4.69) is 12.1 Å². The second-order valence-corrected chi connectivity index (χ2v) is 5.66. The number of thioether (sulfide) groups is 1. The number of hydrogen-bond acceptors (Lipinski definition) is 3. The Morgan fingerprint density at radius 2 is 2.06 bits per heavy atom. The standard InChI is InChI=1S/C13H18FNOS/c1-9-2-4-12(5-3-9)17-13-7-10(14)6-11(8-15)16-13/h2-5,10-11,13H,6-8,15H2,1H3. The molecule has 1 aliphatic heterocycles. The summed E-state index contributed by atoms with van der Waals surface area (Å²) in [7, 11) is 0. The van der Waals surface area contributed by atoms with Crippen molar-refractivity contribution in [2.45, 2.75) is 42.4 Å². The molecule has 0 aliphatic carbocycles. The molecule has 0 amide bonds. The van der Waals surface area contributed by atoms with Crippen LogP contribution in [0.3, 0.4) is 0 Å². The van der Waals surface area contributed by atoms with Gasteiger partial charge in [-0.25, -0.2) is 4.39 Å². The molecule has 3 atom stereocenters. The molecule has 2 nitrogen and oxygen atoms in total. The van der Waals surface area contributed by atoms with E-state index in [-0.39, 0.29) is 11.5 Å². The average molecular weight is 255 g/mol. The summed E-state index contributed by atoms with van der Waals surface area (Å²) < 4.78 is 19.2. The number of nitrogens with two attached hydrogens (primary N) is 1. The zero-order valence-corrected chi connectivity index (χ0v) is 10.8. The molecule has 1 aliphatic rings. The third kappa shape index (κ3) is 3.69. The van der Waals surface area contributed by atoms with Gasteiger partial charge in [0.1, 0.15) is 11.6 Å². The van der Waals surface area contributed by atoms with Gasteiger partial charge in [-0.1, -0.05) is 29.5 Å². The summed E-state index contributed by atoms with van der Waals surface area (Å²) >= 11 is 1.58. The fourth-order valence-electron chi connectivity index (χ4n) is 1.91. The first-order valence-electron chi connectivity index (χ1n) is 5.90. The fraction of sp³-hybridized carbons (Fsp3) is 0.538. The van der Waals surface area contributed by atoms with Crippen LogP contribution in [0.5, 0.6) is 0 Å². The summed E-state index contributed by atoms with van der Waals surface area (Å²) in [5.41, 5.74) is 6.65. The first kappa shape index (κ1) is 12.9. The maximum atomic E-state index is 13.5. The molecule has 1 aromatic rings. The van der Waals surface area contributed by atoms with Crippen molar-refractivity contribution in [2.75, 3.05) is 6.54 Å². The third-order valence-corrected chi connectivity index (χ3v) is 3.97.